The van der Waals surface area contributed by atoms with E-state index in [1.54, 1.807) is 0 Å². The summed E-state index contributed by atoms with van der Waals surface area (Å²) < 4.78 is 5.94. The molecule has 2 unspecified atom stereocenters. The second-order valence-corrected chi connectivity index (χ2v) is 14.4. The number of carbonyl (C=O) groups excluding carboxylic acids is 3. The van der Waals surface area contributed by atoms with Crippen molar-refractivity contribution in [1.29, 1.82) is 0 Å². The lowest BCUT2D eigenvalue weighted by Gasteiger charge is -2.15. The van der Waals surface area contributed by atoms with Crippen LogP contribution < -0.4 is 10.6 Å². The van der Waals surface area contributed by atoms with Crippen molar-refractivity contribution in [1.82, 2.24) is 10.6 Å². The molecule has 0 saturated carbocycles. The molecule has 0 fully saturated rings. The van der Waals surface area contributed by atoms with Crippen LogP contribution in [0.1, 0.15) is 194 Å². The van der Waals surface area contributed by atoms with Gasteiger partial charge >= 0.3 is 11.9 Å². The minimum Gasteiger partial charge on any atom is -0.480 e. The predicted molar refractivity (Wildman–Crippen MR) is 218 cm³/mol. The Morgan fingerprint density at radius 1 is 0.585 bits per heavy atom. The third-order valence-corrected chi connectivity index (χ3v) is 9.34. The van der Waals surface area contributed by atoms with Crippen LogP contribution in [0, 0.1) is 0 Å². The van der Waals surface area contributed by atoms with Crippen molar-refractivity contribution in [2.75, 3.05) is 13.2 Å². The number of allylic oxidation sites excluding steroid dienone is 5. The zero-order valence-corrected chi connectivity index (χ0v) is 33.8. The molecule has 0 bridgehead atoms. The monoisotopic (exact) mass is 747 g/mol. The Kier molecular flexibility index (Phi) is 36.6. The molecule has 0 aliphatic rings. The molecule has 0 radical (unpaired) electrons. The standard InChI is InChI=1S/C44H78N2O7/c1-3-5-7-9-11-13-14-15-16-17-18-20-22-28-32-36-43(50)53-39(33-29-25-21-19-12-10-8-6-4-2)34-30-26-23-24-27-31-35-41(48)45-37-42(49)46-40(38-47)44(51)52/h11,13,15-16,29,33,39-40,47H,3-10,12,14,17-28,30-32,34-38H2,1-2H3,(H,45,48)(H,46,49)(H,51,52)/b13-11-,16-15-,33-29-. The minimum atomic E-state index is -1.38. The van der Waals surface area contributed by atoms with Gasteiger partial charge in [0.05, 0.1) is 13.2 Å². The van der Waals surface area contributed by atoms with Gasteiger partial charge in [-0.1, -0.05) is 141 Å². The SMILES string of the molecule is CCCCC/C=C\C/C=C\CCCCCCCC(=O)OC(/C=C\CCCCCCCCC)CCCCCCCCC(=O)NCC(=O)NC(CO)C(=O)O. The maximum Gasteiger partial charge on any atom is 0.328 e. The lowest BCUT2D eigenvalue weighted by Crippen LogP contribution is -2.47. The third kappa shape index (κ3) is 35.8. The summed E-state index contributed by atoms with van der Waals surface area (Å²) in [4.78, 5) is 47.4. The van der Waals surface area contributed by atoms with Gasteiger partial charge in [-0.3, -0.25) is 14.4 Å². The number of aliphatic hydroxyl groups excluding tert-OH is 1. The van der Waals surface area contributed by atoms with Crippen LogP contribution in [-0.4, -0.2) is 59.3 Å². The second kappa shape index (κ2) is 38.8. The number of carbonyl (C=O) groups is 4. The smallest absolute Gasteiger partial charge is 0.328 e. The molecule has 9 nitrogen and oxygen atoms in total. The van der Waals surface area contributed by atoms with Gasteiger partial charge in [0, 0.05) is 12.8 Å². The molecule has 4 N–H and O–H groups in total. The van der Waals surface area contributed by atoms with E-state index in [-0.39, 0.29) is 24.5 Å². The molecule has 0 aliphatic heterocycles. The number of aliphatic carboxylic acids is 1. The molecule has 0 heterocycles. The molecule has 0 rings (SSSR count). The summed E-state index contributed by atoms with van der Waals surface area (Å²) in [7, 11) is 0. The van der Waals surface area contributed by atoms with Crippen LogP contribution in [0.5, 0.6) is 0 Å². The summed E-state index contributed by atoms with van der Waals surface area (Å²) in [6.07, 6.45) is 43.3. The summed E-state index contributed by atoms with van der Waals surface area (Å²) in [5.41, 5.74) is 0. The predicted octanol–water partition coefficient (Wildman–Crippen LogP) is 10.2. The fraction of sp³-hybridized carbons (Fsp3) is 0.773. The van der Waals surface area contributed by atoms with Gasteiger partial charge in [-0.2, -0.15) is 0 Å². The molecule has 0 aromatic rings. The van der Waals surface area contributed by atoms with Gasteiger partial charge in [-0.15, -0.1) is 0 Å². The molecule has 306 valence electrons. The van der Waals surface area contributed by atoms with Crippen molar-refractivity contribution in [2.45, 2.75) is 206 Å². The zero-order chi connectivity index (χ0) is 39.0. The van der Waals surface area contributed by atoms with Crippen molar-refractivity contribution in [3.63, 3.8) is 0 Å². The maximum atomic E-state index is 12.7. The summed E-state index contributed by atoms with van der Waals surface area (Å²) in [6, 6.07) is -1.38. The first-order chi connectivity index (χ1) is 25.8. The second-order valence-electron chi connectivity index (χ2n) is 14.4. The molecule has 9 heteroatoms. The third-order valence-electron chi connectivity index (χ3n) is 9.34. The van der Waals surface area contributed by atoms with Gasteiger partial charge in [-0.25, -0.2) is 4.79 Å². The van der Waals surface area contributed by atoms with Crippen LogP contribution in [0.15, 0.2) is 36.5 Å². The molecular formula is C44H78N2O7. The normalized spacial score (nSPS) is 12.8. The Morgan fingerprint density at radius 2 is 1.08 bits per heavy atom. The lowest BCUT2D eigenvalue weighted by molar-refractivity contribution is -0.147. The average molecular weight is 747 g/mol. The Labute approximate surface area is 323 Å². The summed E-state index contributed by atoms with van der Waals surface area (Å²) in [6.45, 7) is 3.44. The Bertz CT molecular complexity index is 994. The number of aliphatic hydroxyl groups is 1. The highest BCUT2D eigenvalue weighted by molar-refractivity contribution is 5.87. The van der Waals surface area contributed by atoms with Crippen LogP contribution in [-0.2, 0) is 23.9 Å². The number of ether oxygens (including phenoxy) is 1. The van der Waals surface area contributed by atoms with Gasteiger partial charge < -0.3 is 25.6 Å². The van der Waals surface area contributed by atoms with Crippen molar-refractivity contribution in [3.8, 4) is 0 Å². The van der Waals surface area contributed by atoms with Gasteiger partial charge in [0.25, 0.3) is 0 Å². The van der Waals surface area contributed by atoms with E-state index in [0.717, 1.165) is 77.0 Å². The van der Waals surface area contributed by atoms with Gasteiger partial charge in [0.1, 0.15) is 12.1 Å². The first-order valence-corrected chi connectivity index (χ1v) is 21.4. The Hall–Kier alpha value is -2.94. The number of rotatable bonds is 38. The molecule has 53 heavy (non-hydrogen) atoms. The van der Waals surface area contributed by atoms with Gasteiger partial charge in [0.15, 0.2) is 0 Å². The highest BCUT2D eigenvalue weighted by atomic mass is 16.5. The van der Waals surface area contributed by atoms with Crippen LogP contribution in [0.2, 0.25) is 0 Å². The molecule has 0 saturated heterocycles. The largest absolute Gasteiger partial charge is 0.480 e. The van der Waals surface area contributed by atoms with Crippen molar-refractivity contribution in [3.05, 3.63) is 36.5 Å². The molecule has 2 atom stereocenters. The van der Waals surface area contributed by atoms with E-state index in [1.165, 1.54) is 83.5 Å². The molecule has 2 amide bonds. The summed E-state index contributed by atoms with van der Waals surface area (Å²) in [5.74, 6) is -2.34. The van der Waals surface area contributed by atoms with E-state index in [9.17, 15) is 19.2 Å². The number of amides is 2. The zero-order valence-electron chi connectivity index (χ0n) is 33.8. The summed E-state index contributed by atoms with van der Waals surface area (Å²) in [5, 5.41) is 22.5. The Balaban J connectivity index is 4.29. The van der Waals surface area contributed by atoms with Crippen LogP contribution in [0.3, 0.4) is 0 Å². The molecule has 0 spiro atoms. The topological polar surface area (TPSA) is 142 Å². The number of unbranched alkanes of at least 4 members (excludes halogenated alkanes) is 20. The molecule has 0 aromatic heterocycles. The first-order valence-electron chi connectivity index (χ1n) is 21.4. The number of hydrogen-bond acceptors (Lipinski definition) is 6. The minimum absolute atomic E-state index is 0.0906. The van der Waals surface area contributed by atoms with Crippen molar-refractivity contribution >= 4 is 23.8 Å². The number of esters is 1. The highest BCUT2D eigenvalue weighted by Crippen LogP contribution is 2.16. The van der Waals surface area contributed by atoms with E-state index in [2.05, 4.69) is 60.9 Å². The van der Waals surface area contributed by atoms with Gasteiger partial charge in [-0.05, 0) is 76.7 Å². The van der Waals surface area contributed by atoms with Crippen LogP contribution >= 0.6 is 0 Å². The Morgan fingerprint density at radius 3 is 1.66 bits per heavy atom. The first kappa shape index (κ1) is 50.1. The van der Waals surface area contributed by atoms with Crippen LogP contribution in [0.4, 0.5) is 0 Å². The fourth-order valence-electron chi connectivity index (χ4n) is 6.01. The van der Waals surface area contributed by atoms with E-state index in [0.29, 0.717) is 19.3 Å². The van der Waals surface area contributed by atoms with Crippen LogP contribution in [0.25, 0.3) is 0 Å². The van der Waals surface area contributed by atoms with E-state index in [1.807, 2.05) is 0 Å². The number of carboxylic acid groups (broad SMARTS) is 1. The number of carboxylic acids is 1. The summed E-state index contributed by atoms with van der Waals surface area (Å²) >= 11 is 0. The lowest BCUT2D eigenvalue weighted by atomic mass is 10.0. The quantitative estimate of drug-likeness (QED) is 0.0280. The van der Waals surface area contributed by atoms with Crippen molar-refractivity contribution < 1.29 is 34.1 Å². The molecule has 0 aromatic carbocycles. The van der Waals surface area contributed by atoms with Gasteiger partial charge in [0.2, 0.25) is 11.8 Å². The number of hydrogen-bond donors (Lipinski definition) is 4. The average Bonchev–Trinajstić information content (AvgIpc) is 3.14. The molecule has 0 aliphatic carbocycles. The van der Waals surface area contributed by atoms with E-state index < -0.39 is 24.5 Å². The molecular weight excluding hydrogens is 668 g/mol. The van der Waals surface area contributed by atoms with E-state index >= 15 is 0 Å². The number of nitrogens with one attached hydrogen (secondary N) is 2. The highest BCUT2D eigenvalue weighted by Gasteiger charge is 2.18. The fourth-order valence-corrected chi connectivity index (χ4v) is 6.01. The van der Waals surface area contributed by atoms with Crippen molar-refractivity contribution in [2.24, 2.45) is 0 Å². The maximum absolute atomic E-state index is 12.7. The van der Waals surface area contributed by atoms with E-state index in [4.69, 9.17) is 14.9 Å².